The second-order valence-corrected chi connectivity index (χ2v) is 8.06. The van der Waals surface area contributed by atoms with Crippen molar-refractivity contribution in [2.45, 2.75) is 58.6 Å². The number of aromatic nitrogens is 1. The summed E-state index contributed by atoms with van der Waals surface area (Å²) in [6, 6.07) is 0. The molecule has 26 heavy (non-hydrogen) atoms. The molecule has 3 aliphatic rings. The van der Waals surface area contributed by atoms with Crippen molar-refractivity contribution >= 4 is 11.8 Å². The Bertz CT molecular complexity index is 680. The summed E-state index contributed by atoms with van der Waals surface area (Å²) in [5.74, 6) is 1.12. The summed E-state index contributed by atoms with van der Waals surface area (Å²) in [6.45, 7) is 7.28. The van der Waals surface area contributed by atoms with Crippen molar-refractivity contribution in [3.63, 3.8) is 0 Å². The van der Waals surface area contributed by atoms with Gasteiger partial charge in [0.25, 0.3) is 5.91 Å². The number of likely N-dealkylation sites (tertiary alicyclic amines) is 2. The molecule has 1 atom stereocenters. The van der Waals surface area contributed by atoms with Crippen molar-refractivity contribution in [1.29, 1.82) is 0 Å². The van der Waals surface area contributed by atoms with Crippen molar-refractivity contribution in [2.75, 3.05) is 26.2 Å². The van der Waals surface area contributed by atoms with E-state index < -0.39 is 0 Å². The number of hydrogen-bond acceptors (Lipinski definition) is 5. The van der Waals surface area contributed by atoms with Gasteiger partial charge in [0.15, 0.2) is 0 Å². The summed E-state index contributed by atoms with van der Waals surface area (Å²) in [6.07, 6.45) is 3.91. The average molecular weight is 361 g/mol. The first-order valence-corrected chi connectivity index (χ1v) is 9.57. The molecule has 0 aromatic carbocycles. The summed E-state index contributed by atoms with van der Waals surface area (Å²) in [4.78, 5) is 29.0. The van der Waals surface area contributed by atoms with Crippen LogP contribution in [0.4, 0.5) is 0 Å². The third kappa shape index (κ3) is 3.13. The number of aryl methyl sites for hydroxylation is 2. The lowest BCUT2D eigenvalue weighted by Gasteiger charge is -2.39. The molecule has 1 spiro atoms. The van der Waals surface area contributed by atoms with Crippen LogP contribution in [0.2, 0.25) is 0 Å². The number of piperidine rings is 1. The van der Waals surface area contributed by atoms with Gasteiger partial charge >= 0.3 is 0 Å². The Morgan fingerprint density at radius 3 is 2.69 bits per heavy atom. The van der Waals surface area contributed by atoms with Crippen LogP contribution in [0.15, 0.2) is 4.52 Å². The highest BCUT2D eigenvalue weighted by Gasteiger charge is 2.46. The largest absolute Gasteiger partial charge is 0.368 e. The first-order chi connectivity index (χ1) is 12.5. The maximum atomic E-state index is 12.6. The van der Waals surface area contributed by atoms with Gasteiger partial charge < -0.3 is 19.1 Å². The second kappa shape index (κ2) is 6.68. The molecule has 7 nitrogen and oxygen atoms in total. The number of ether oxygens (including phenoxy) is 1. The van der Waals surface area contributed by atoms with E-state index in [9.17, 15) is 9.59 Å². The van der Waals surface area contributed by atoms with Crippen LogP contribution in [0, 0.1) is 19.3 Å². The van der Waals surface area contributed by atoms with E-state index in [1.165, 1.54) is 0 Å². The predicted molar refractivity (Wildman–Crippen MR) is 93.2 cm³/mol. The van der Waals surface area contributed by atoms with Crippen LogP contribution < -0.4 is 0 Å². The molecule has 0 N–H and O–H groups in total. The zero-order valence-corrected chi connectivity index (χ0v) is 15.6. The third-order valence-electron chi connectivity index (χ3n) is 6.28. The van der Waals surface area contributed by atoms with Crippen LogP contribution >= 0.6 is 0 Å². The fraction of sp³-hybridized carbons (Fsp3) is 0.737. The Hall–Kier alpha value is -1.89. The number of amides is 2. The van der Waals surface area contributed by atoms with Crippen molar-refractivity contribution in [3.8, 4) is 0 Å². The molecule has 0 bridgehead atoms. The van der Waals surface area contributed by atoms with Crippen LogP contribution in [-0.2, 0) is 20.9 Å². The lowest BCUT2D eigenvalue weighted by atomic mass is 9.77. The molecule has 7 heteroatoms. The summed E-state index contributed by atoms with van der Waals surface area (Å²) in [7, 11) is 0. The van der Waals surface area contributed by atoms with Crippen LogP contribution in [0.1, 0.15) is 49.1 Å². The van der Waals surface area contributed by atoms with Crippen LogP contribution in [0.5, 0.6) is 0 Å². The van der Waals surface area contributed by atoms with E-state index in [2.05, 4.69) is 5.16 Å². The highest BCUT2D eigenvalue weighted by molar-refractivity contribution is 5.82. The monoisotopic (exact) mass is 361 g/mol. The molecule has 4 rings (SSSR count). The number of carbonyl (C=O) groups is 2. The Kier molecular flexibility index (Phi) is 4.50. The Morgan fingerprint density at radius 1 is 1.31 bits per heavy atom. The topological polar surface area (TPSA) is 75.9 Å². The minimum absolute atomic E-state index is 0.00334. The first-order valence-electron chi connectivity index (χ1n) is 9.57. The van der Waals surface area contributed by atoms with Gasteiger partial charge in [-0.05, 0) is 39.5 Å². The second-order valence-electron chi connectivity index (χ2n) is 8.06. The predicted octanol–water partition coefficient (Wildman–Crippen LogP) is 1.81. The van der Waals surface area contributed by atoms with Gasteiger partial charge in [-0.15, -0.1) is 0 Å². The Labute approximate surface area is 153 Å². The molecule has 0 saturated carbocycles. The van der Waals surface area contributed by atoms with Crippen LogP contribution in [0.25, 0.3) is 0 Å². The molecule has 3 aliphatic heterocycles. The van der Waals surface area contributed by atoms with E-state index in [-0.39, 0.29) is 23.3 Å². The quantitative estimate of drug-likeness (QED) is 0.821. The standard InChI is InChI=1S/C19H27N3O4/c1-13-15(14(2)26-20-13)11-22-12-19(10-17(22)23)5-7-21(8-6-19)18(24)16-4-3-9-25-16/h16H,3-12H2,1-2H3/t16-/m1/s1. The molecular weight excluding hydrogens is 334 g/mol. The van der Waals surface area contributed by atoms with Crippen LogP contribution in [-0.4, -0.2) is 59.1 Å². The zero-order valence-electron chi connectivity index (χ0n) is 15.6. The molecule has 1 aromatic rings. The maximum Gasteiger partial charge on any atom is 0.251 e. The first kappa shape index (κ1) is 17.5. The zero-order chi connectivity index (χ0) is 18.3. The van der Waals surface area contributed by atoms with E-state index in [4.69, 9.17) is 9.26 Å². The van der Waals surface area contributed by atoms with Crippen LogP contribution in [0.3, 0.4) is 0 Å². The summed E-state index contributed by atoms with van der Waals surface area (Å²) >= 11 is 0. The third-order valence-corrected chi connectivity index (χ3v) is 6.28. The fourth-order valence-electron chi connectivity index (χ4n) is 4.56. The highest BCUT2D eigenvalue weighted by atomic mass is 16.5. The average Bonchev–Trinajstić information content (AvgIpc) is 3.33. The molecule has 0 radical (unpaired) electrons. The van der Waals surface area contributed by atoms with Crippen molar-refractivity contribution in [1.82, 2.24) is 15.0 Å². The molecule has 3 fully saturated rings. The van der Waals surface area contributed by atoms with Gasteiger partial charge in [0.05, 0.1) is 12.2 Å². The minimum atomic E-state index is -0.245. The molecule has 142 valence electrons. The lowest BCUT2D eigenvalue weighted by molar-refractivity contribution is -0.143. The van der Waals surface area contributed by atoms with Crippen molar-refractivity contribution < 1.29 is 18.8 Å². The van der Waals surface area contributed by atoms with Gasteiger partial charge in [-0.3, -0.25) is 9.59 Å². The van der Waals surface area contributed by atoms with E-state index in [0.717, 1.165) is 62.3 Å². The Morgan fingerprint density at radius 2 is 2.08 bits per heavy atom. The van der Waals surface area contributed by atoms with Gasteiger partial charge in [0, 0.05) is 43.6 Å². The van der Waals surface area contributed by atoms with Gasteiger partial charge in [0.1, 0.15) is 11.9 Å². The molecule has 0 unspecified atom stereocenters. The van der Waals surface area contributed by atoms with E-state index >= 15 is 0 Å². The van der Waals surface area contributed by atoms with E-state index in [1.807, 2.05) is 23.6 Å². The summed E-state index contributed by atoms with van der Waals surface area (Å²) in [5, 5.41) is 3.99. The molecule has 4 heterocycles. The van der Waals surface area contributed by atoms with Crippen molar-refractivity contribution in [3.05, 3.63) is 17.0 Å². The SMILES string of the molecule is Cc1noc(C)c1CN1CC2(CCN(C(=O)[C@H]3CCCO3)CC2)CC1=O. The maximum absolute atomic E-state index is 12.6. The molecule has 1 aromatic heterocycles. The molecule has 0 aliphatic carbocycles. The Balaban J connectivity index is 1.37. The molecule has 3 saturated heterocycles. The molecule has 2 amide bonds. The lowest BCUT2D eigenvalue weighted by Crippen LogP contribution is -2.47. The number of carbonyl (C=O) groups excluding carboxylic acids is 2. The minimum Gasteiger partial charge on any atom is -0.368 e. The van der Waals surface area contributed by atoms with E-state index in [1.54, 1.807) is 0 Å². The summed E-state index contributed by atoms with van der Waals surface area (Å²) < 4.78 is 10.8. The molecular formula is C19H27N3O4. The smallest absolute Gasteiger partial charge is 0.251 e. The number of rotatable bonds is 3. The van der Waals surface area contributed by atoms with Gasteiger partial charge in [0.2, 0.25) is 5.91 Å². The normalized spacial score (nSPS) is 25.5. The van der Waals surface area contributed by atoms with E-state index in [0.29, 0.717) is 19.6 Å². The highest BCUT2D eigenvalue weighted by Crippen LogP contribution is 2.42. The van der Waals surface area contributed by atoms with Gasteiger partial charge in [-0.25, -0.2) is 0 Å². The number of hydrogen-bond donors (Lipinski definition) is 0. The summed E-state index contributed by atoms with van der Waals surface area (Å²) in [5.41, 5.74) is 1.87. The van der Waals surface area contributed by atoms with Gasteiger partial charge in [-0.1, -0.05) is 5.16 Å². The fourth-order valence-corrected chi connectivity index (χ4v) is 4.56. The number of nitrogens with zero attached hydrogens (tertiary/aromatic N) is 3. The van der Waals surface area contributed by atoms with Crippen molar-refractivity contribution in [2.24, 2.45) is 5.41 Å². The van der Waals surface area contributed by atoms with Gasteiger partial charge in [-0.2, -0.15) is 0 Å².